The molecule has 2 aromatic heterocycles. The van der Waals surface area contributed by atoms with Crippen molar-refractivity contribution in [1.29, 1.82) is 0 Å². The second kappa shape index (κ2) is 9.21. The molecule has 0 radical (unpaired) electrons. The van der Waals surface area contributed by atoms with Crippen molar-refractivity contribution >= 4 is 17.5 Å². The second-order valence-corrected chi connectivity index (χ2v) is 8.39. The molecule has 0 saturated heterocycles. The summed E-state index contributed by atoms with van der Waals surface area (Å²) in [7, 11) is 0. The van der Waals surface area contributed by atoms with Gasteiger partial charge in [0.2, 0.25) is 5.91 Å². The molecule has 0 fully saturated rings. The van der Waals surface area contributed by atoms with Gasteiger partial charge in [-0.3, -0.25) is 14.2 Å². The molecule has 4 N–H and O–H groups in total. The molecule has 1 aliphatic heterocycles. The SMILES string of the molecule is CC(C)c1cccc(CNc2ncc3n(c2=O)C(C(=O)NCc2ccc(N)nc2)CC3)c1. The van der Waals surface area contributed by atoms with E-state index in [0.717, 1.165) is 16.8 Å². The van der Waals surface area contributed by atoms with Crippen molar-refractivity contribution in [3.63, 3.8) is 0 Å². The molecule has 1 unspecified atom stereocenters. The Morgan fingerprint density at radius 3 is 2.75 bits per heavy atom. The summed E-state index contributed by atoms with van der Waals surface area (Å²) in [5.74, 6) is 0.928. The Morgan fingerprint density at radius 2 is 2.00 bits per heavy atom. The van der Waals surface area contributed by atoms with Gasteiger partial charge in [0.25, 0.3) is 5.56 Å². The topological polar surface area (TPSA) is 115 Å². The number of rotatable bonds is 7. The molecule has 1 aliphatic rings. The standard InChI is InChI=1S/C24H28N6O2/c1-15(2)18-5-3-4-16(10-18)11-27-22-24(32)30-19(14-28-22)7-8-20(30)23(31)29-13-17-6-9-21(25)26-12-17/h3-6,9-10,12,14-15,20H,7-8,11,13H2,1-2H3,(H2,25,26)(H,27,28)(H,29,31). The van der Waals surface area contributed by atoms with E-state index in [4.69, 9.17) is 5.73 Å². The Morgan fingerprint density at radius 1 is 1.16 bits per heavy atom. The van der Waals surface area contributed by atoms with Crippen LogP contribution in [0.1, 0.15) is 54.6 Å². The van der Waals surface area contributed by atoms with Gasteiger partial charge in [-0.15, -0.1) is 0 Å². The number of nitrogen functional groups attached to an aromatic ring is 1. The maximum Gasteiger partial charge on any atom is 0.294 e. The van der Waals surface area contributed by atoms with Gasteiger partial charge in [-0.2, -0.15) is 0 Å². The number of fused-ring (bicyclic) bond motifs is 1. The molecule has 32 heavy (non-hydrogen) atoms. The predicted molar refractivity (Wildman–Crippen MR) is 124 cm³/mol. The van der Waals surface area contributed by atoms with Crippen LogP contribution in [-0.4, -0.2) is 20.4 Å². The minimum Gasteiger partial charge on any atom is -0.384 e. The van der Waals surface area contributed by atoms with Gasteiger partial charge >= 0.3 is 0 Å². The maximum absolute atomic E-state index is 13.1. The number of carbonyl (C=O) groups excluding carboxylic acids is 1. The van der Waals surface area contributed by atoms with Gasteiger partial charge in [0.1, 0.15) is 11.9 Å². The Balaban J connectivity index is 1.46. The van der Waals surface area contributed by atoms with Crippen molar-refractivity contribution in [1.82, 2.24) is 19.9 Å². The highest BCUT2D eigenvalue weighted by molar-refractivity contribution is 5.81. The minimum atomic E-state index is -0.549. The average Bonchev–Trinajstić information content (AvgIpc) is 3.23. The highest BCUT2D eigenvalue weighted by Crippen LogP contribution is 2.24. The van der Waals surface area contributed by atoms with Gasteiger partial charge in [0, 0.05) is 31.2 Å². The van der Waals surface area contributed by atoms with E-state index >= 15 is 0 Å². The number of aromatic nitrogens is 3. The molecule has 8 nitrogen and oxygen atoms in total. The molecule has 4 rings (SSSR count). The van der Waals surface area contributed by atoms with Crippen LogP contribution in [0.3, 0.4) is 0 Å². The van der Waals surface area contributed by atoms with Crippen molar-refractivity contribution < 1.29 is 4.79 Å². The third-order valence-electron chi connectivity index (χ3n) is 5.75. The normalized spacial score (nSPS) is 14.9. The van der Waals surface area contributed by atoms with Crippen LogP contribution in [-0.2, 0) is 24.3 Å². The number of pyridine rings is 1. The third-order valence-corrected chi connectivity index (χ3v) is 5.75. The summed E-state index contributed by atoms with van der Waals surface area (Å²) in [6.45, 7) is 5.12. The van der Waals surface area contributed by atoms with Crippen LogP contribution >= 0.6 is 0 Å². The second-order valence-electron chi connectivity index (χ2n) is 8.39. The van der Waals surface area contributed by atoms with Gasteiger partial charge in [0.05, 0.1) is 0 Å². The van der Waals surface area contributed by atoms with Crippen LogP contribution < -0.4 is 21.9 Å². The first-order valence-corrected chi connectivity index (χ1v) is 10.8. The van der Waals surface area contributed by atoms with Crippen molar-refractivity contribution in [2.24, 2.45) is 0 Å². The average molecular weight is 433 g/mol. The molecule has 1 atom stereocenters. The summed E-state index contributed by atoms with van der Waals surface area (Å²) in [5, 5.41) is 6.05. The number of anilines is 2. The summed E-state index contributed by atoms with van der Waals surface area (Å²) in [5.41, 5.74) is 9.28. The fourth-order valence-electron chi connectivity index (χ4n) is 3.91. The number of carbonyl (C=O) groups is 1. The molecule has 1 amide bonds. The van der Waals surface area contributed by atoms with E-state index in [1.807, 2.05) is 18.2 Å². The van der Waals surface area contributed by atoms with Gasteiger partial charge < -0.3 is 16.4 Å². The zero-order valence-corrected chi connectivity index (χ0v) is 18.3. The number of nitrogens with one attached hydrogen (secondary N) is 2. The van der Waals surface area contributed by atoms with E-state index in [1.54, 1.807) is 23.0 Å². The molecule has 0 aliphatic carbocycles. The summed E-state index contributed by atoms with van der Waals surface area (Å²) < 4.78 is 1.57. The molecule has 1 aromatic carbocycles. The maximum atomic E-state index is 13.1. The number of amides is 1. The summed E-state index contributed by atoms with van der Waals surface area (Å²) in [4.78, 5) is 34.3. The number of hydrogen-bond acceptors (Lipinski definition) is 6. The van der Waals surface area contributed by atoms with Crippen molar-refractivity contribution in [2.45, 2.75) is 51.7 Å². The zero-order chi connectivity index (χ0) is 22.7. The first-order chi connectivity index (χ1) is 15.4. The van der Waals surface area contributed by atoms with Crippen molar-refractivity contribution in [2.75, 3.05) is 11.1 Å². The first-order valence-electron chi connectivity index (χ1n) is 10.8. The molecule has 0 spiro atoms. The van der Waals surface area contributed by atoms with Crippen LogP contribution in [0.15, 0.2) is 53.6 Å². The number of hydrogen-bond donors (Lipinski definition) is 3. The van der Waals surface area contributed by atoms with E-state index < -0.39 is 6.04 Å². The van der Waals surface area contributed by atoms with E-state index in [9.17, 15) is 9.59 Å². The van der Waals surface area contributed by atoms with Crippen LogP contribution in [0.2, 0.25) is 0 Å². The van der Waals surface area contributed by atoms with Crippen LogP contribution in [0.5, 0.6) is 0 Å². The molecule has 8 heteroatoms. The van der Waals surface area contributed by atoms with E-state index in [2.05, 4.69) is 46.6 Å². The summed E-state index contributed by atoms with van der Waals surface area (Å²) >= 11 is 0. The van der Waals surface area contributed by atoms with Gasteiger partial charge in [-0.1, -0.05) is 44.2 Å². The van der Waals surface area contributed by atoms with Gasteiger partial charge in [-0.25, -0.2) is 9.97 Å². The minimum absolute atomic E-state index is 0.190. The molecule has 0 saturated carbocycles. The van der Waals surface area contributed by atoms with Crippen LogP contribution in [0.25, 0.3) is 0 Å². The first kappa shape index (κ1) is 21.5. The van der Waals surface area contributed by atoms with Crippen molar-refractivity contribution in [3.05, 3.63) is 81.5 Å². The Labute approximate surface area is 186 Å². The number of benzene rings is 1. The Bertz CT molecular complexity index is 1170. The smallest absolute Gasteiger partial charge is 0.294 e. The summed E-state index contributed by atoms with van der Waals surface area (Å²) in [6, 6.07) is 11.2. The molecular formula is C24H28N6O2. The van der Waals surface area contributed by atoms with Crippen LogP contribution in [0, 0.1) is 0 Å². The quantitative estimate of drug-likeness (QED) is 0.529. The van der Waals surface area contributed by atoms with Crippen molar-refractivity contribution in [3.8, 4) is 0 Å². The lowest BCUT2D eigenvalue weighted by Crippen LogP contribution is -2.36. The molecule has 166 valence electrons. The third kappa shape index (κ3) is 4.64. The lowest BCUT2D eigenvalue weighted by Gasteiger charge is -2.16. The molecule has 3 heterocycles. The number of nitrogens with two attached hydrogens (primary N) is 1. The highest BCUT2D eigenvalue weighted by atomic mass is 16.2. The zero-order valence-electron chi connectivity index (χ0n) is 18.3. The summed E-state index contributed by atoms with van der Waals surface area (Å²) in [6.07, 6.45) is 4.53. The van der Waals surface area contributed by atoms with E-state index in [-0.39, 0.29) is 17.3 Å². The number of aryl methyl sites for hydroxylation is 1. The largest absolute Gasteiger partial charge is 0.384 e. The Hall–Kier alpha value is -3.68. The van der Waals surface area contributed by atoms with Gasteiger partial charge in [0.15, 0.2) is 5.82 Å². The Kier molecular flexibility index (Phi) is 6.20. The molecular weight excluding hydrogens is 404 g/mol. The fraction of sp³-hybridized carbons (Fsp3) is 0.333. The number of nitrogens with zero attached hydrogens (tertiary/aromatic N) is 3. The molecule has 3 aromatic rings. The highest BCUT2D eigenvalue weighted by Gasteiger charge is 2.30. The van der Waals surface area contributed by atoms with E-state index in [1.165, 1.54) is 5.56 Å². The van der Waals surface area contributed by atoms with Gasteiger partial charge in [-0.05, 0) is 41.5 Å². The van der Waals surface area contributed by atoms with Crippen LogP contribution in [0.4, 0.5) is 11.6 Å². The lowest BCUT2D eigenvalue weighted by atomic mass is 10.0. The monoisotopic (exact) mass is 432 g/mol. The lowest BCUT2D eigenvalue weighted by molar-refractivity contribution is -0.124. The fourth-order valence-corrected chi connectivity index (χ4v) is 3.91. The molecule has 0 bridgehead atoms. The van der Waals surface area contributed by atoms with E-state index in [0.29, 0.717) is 37.7 Å². The predicted octanol–water partition coefficient (Wildman–Crippen LogP) is 2.76.